The van der Waals surface area contributed by atoms with Crippen molar-refractivity contribution in [3.8, 4) is 17.2 Å². The Kier molecular flexibility index (Phi) is 5.54. The number of benzene rings is 1. The van der Waals surface area contributed by atoms with Gasteiger partial charge in [0.25, 0.3) is 5.91 Å². The molecule has 0 radical (unpaired) electrons. The second-order valence-corrected chi connectivity index (χ2v) is 9.26. The van der Waals surface area contributed by atoms with Crippen LogP contribution in [0, 0.1) is 13.8 Å². The van der Waals surface area contributed by atoms with Crippen LogP contribution < -0.4 is 5.32 Å². The van der Waals surface area contributed by atoms with Crippen molar-refractivity contribution in [2.24, 2.45) is 0 Å². The Morgan fingerprint density at radius 1 is 1.03 bits per heavy atom. The van der Waals surface area contributed by atoms with E-state index in [0.29, 0.717) is 34.3 Å². The molecule has 0 bridgehead atoms. The van der Waals surface area contributed by atoms with E-state index in [9.17, 15) is 13.2 Å². The van der Waals surface area contributed by atoms with E-state index in [4.69, 9.17) is 0 Å². The van der Waals surface area contributed by atoms with Crippen LogP contribution in [-0.4, -0.2) is 45.3 Å². The normalized spacial score (nSPS) is 11.3. The standard InChI is InChI=1S/C22H20N6O3S/c1-14-13-24-21(18-6-4-5-11-23-18)25-20(14)26-22(29)19-12-15(2)27-28(19)16-7-9-17(10-8-16)32(3,30)31/h4-13H,1-3H3,(H,24,25,26,29). The van der Waals surface area contributed by atoms with Crippen LogP contribution in [0.25, 0.3) is 17.2 Å². The minimum atomic E-state index is -3.32. The number of aryl methyl sites for hydroxylation is 2. The Balaban J connectivity index is 1.66. The van der Waals surface area contributed by atoms with E-state index in [1.807, 2.05) is 6.07 Å². The van der Waals surface area contributed by atoms with Crippen LogP contribution >= 0.6 is 0 Å². The van der Waals surface area contributed by atoms with E-state index in [1.54, 1.807) is 56.6 Å². The maximum Gasteiger partial charge on any atom is 0.275 e. The molecule has 9 nitrogen and oxygen atoms in total. The summed E-state index contributed by atoms with van der Waals surface area (Å²) in [6.45, 7) is 3.57. The molecule has 0 fully saturated rings. The van der Waals surface area contributed by atoms with Gasteiger partial charge in [-0.3, -0.25) is 9.78 Å². The molecule has 0 aliphatic carbocycles. The number of nitrogens with zero attached hydrogens (tertiary/aromatic N) is 5. The Labute approximate surface area is 185 Å². The predicted molar refractivity (Wildman–Crippen MR) is 119 cm³/mol. The van der Waals surface area contributed by atoms with Crippen molar-refractivity contribution in [3.05, 3.63) is 77.9 Å². The van der Waals surface area contributed by atoms with E-state index >= 15 is 0 Å². The molecule has 32 heavy (non-hydrogen) atoms. The Morgan fingerprint density at radius 3 is 2.44 bits per heavy atom. The molecule has 0 unspecified atom stereocenters. The van der Waals surface area contributed by atoms with E-state index in [1.165, 1.54) is 16.8 Å². The van der Waals surface area contributed by atoms with Crippen LogP contribution in [0.5, 0.6) is 0 Å². The zero-order chi connectivity index (χ0) is 22.9. The molecule has 0 atom stereocenters. The first-order valence-corrected chi connectivity index (χ1v) is 11.5. The number of carbonyl (C=O) groups excluding carboxylic acids is 1. The molecule has 4 aromatic rings. The van der Waals surface area contributed by atoms with Gasteiger partial charge in [-0.15, -0.1) is 0 Å². The van der Waals surface area contributed by atoms with Crippen molar-refractivity contribution < 1.29 is 13.2 Å². The lowest BCUT2D eigenvalue weighted by atomic mass is 10.2. The molecule has 10 heteroatoms. The number of hydrogen-bond acceptors (Lipinski definition) is 7. The highest BCUT2D eigenvalue weighted by Crippen LogP contribution is 2.20. The zero-order valence-electron chi connectivity index (χ0n) is 17.6. The van der Waals surface area contributed by atoms with Gasteiger partial charge < -0.3 is 5.32 Å². The Bertz CT molecular complexity index is 1400. The largest absolute Gasteiger partial charge is 0.305 e. The van der Waals surface area contributed by atoms with Crippen LogP contribution in [-0.2, 0) is 9.84 Å². The van der Waals surface area contributed by atoms with E-state index < -0.39 is 15.7 Å². The van der Waals surface area contributed by atoms with E-state index in [2.05, 4.69) is 25.4 Å². The van der Waals surface area contributed by atoms with Gasteiger partial charge in [0.1, 0.15) is 17.2 Å². The molecule has 1 aromatic carbocycles. The number of aromatic nitrogens is 5. The lowest BCUT2D eigenvalue weighted by Gasteiger charge is -2.11. The molecule has 1 amide bonds. The maximum atomic E-state index is 13.1. The van der Waals surface area contributed by atoms with Gasteiger partial charge in [0.15, 0.2) is 15.7 Å². The van der Waals surface area contributed by atoms with Crippen molar-refractivity contribution in [1.29, 1.82) is 0 Å². The molecule has 0 aliphatic heterocycles. The van der Waals surface area contributed by atoms with Crippen LogP contribution in [0.15, 0.2) is 65.8 Å². The van der Waals surface area contributed by atoms with Gasteiger partial charge in [-0.2, -0.15) is 5.10 Å². The zero-order valence-corrected chi connectivity index (χ0v) is 18.5. The molecule has 0 saturated heterocycles. The summed E-state index contributed by atoms with van der Waals surface area (Å²) in [7, 11) is -3.32. The number of nitrogens with one attached hydrogen (secondary N) is 1. The lowest BCUT2D eigenvalue weighted by molar-refractivity contribution is 0.101. The van der Waals surface area contributed by atoms with Crippen molar-refractivity contribution in [1.82, 2.24) is 24.7 Å². The van der Waals surface area contributed by atoms with Crippen molar-refractivity contribution in [3.63, 3.8) is 0 Å². The number of pyridine rings is 1. The van der Waals surface area contributed by atoms with Gasteiger partial charge in [0, 0.05) is 24.2 Å². The first-order chi connectivity index (χ1) is 15.2. The molecule has 162 valence electrons. The summed E-state index contributed by atoms with van der Waals surface area (Å²) >= 11 is 0. The van der Waals surface area contributed by atoms with Gasteiger partial charge in [0.05, 0.1) is 16.3 Å². The lowest BCUT2D eigenvalue weighted by Crippen LogP contribution is -2.18. The second-order valence-electron chi connectivity index (χ2n) is 7.24. The topological polar surface area (TPSA) is 120 Å². The van der Waals surface area contributed by atoms with Crippen molar-refractivity contribution >= 4 is 21.6 Å². The summed E-state index contributed by atoms with van der Waals surface area (Å²) in [6.07, 6.45) is 4.41. The van der Waals surface area contributed by atoms with Crippen LogP contribution in [0.4, 0.5) is 5.82 Å². The average molecular weight is 449 g/mol. The third kappa shape index (κ3) is 4.40. The summed E-state index contributed by atoms with van der Waals surface area (Å²) in [5.74, 6) is 0.350. The van der Waals surface area contributed by atoms with Gasteiger partial charge in [-0.25, -0.2) is 23.1 Å². The molecule has 0 aliphatic rings. The Hall–Kier alpha value is -3.92. The number of anilines is 1. The van der Waals surface area contributed by atoms with Crippen LogP contribution in [0.1, 0.15) is 21.7 Å². The van der Waals surface area contributed by atoms with E-state index in [0.717, 1.165) is 6.26 Å². The second kappa shape index (κ2) is 8.31. The third-order valence-electron chi connectivity index (χ3n) is 4.67. The van der Waals surface area contributed by atoms with Crippen molar-refractivity contribution in [2.75, 3.05) is 11.6 Å². The third-order valence-corrected chi connectivity index (χ3v) is 5.80. The average Bonchev–Trinajstić information content (AvgIpc) is 3.17. The van der Waals surface area contributed by atoms with Gasteiger partial charge in [0.2, 0.25) is 0 Å². The smallest absolute Gasteiger partial charge is 0.275 e. The van der Waals surface area contributed by atoms with Crippen LogP contribution in [0.2, 0.25) is 0 Å². The summed E-state index contributed by atoms with van der Waals surface area (Å²) in [5.41, 5.74) is 2.76. The fraction of sp³-hybridized carbons (Fsp3) is 0.136. The quantitative estimate of drug-likeness (QED) is 0.498. The maximum absolute atomic E-state index is 13.1. The van der Waals surface area contributed by atoms with Gasteiger partial charge in [-0.1, -0.05) is 6.07 Å². The summed E-state index contributed by atoms with van der Waals surface area (Å²) < 4.78 is 24.9. The highest BCUT2D eigenvalue weighted by atomic mass is 32.2. The molecule has 3 aromatic heterocycles. The summed E-state index contributed by atoms with van der Waals surface area (Å²) in [5, 5.41) is 7.21. The first-order valence-electron chi connectivity index (χ1n) is 9.66. The minimum absolute atomic E-state index is 0.190. The van der Waals surface area contributed by atoms with Gasteiger partial charge in [-0.05, 0) is 56.3 Å². The number of sulfone groups is 1. The SMILES string of the molecule is Cc1cc(C(=O)Nc2nc(-c3ccccn3)ncc2C)n(-c2ccc(S(C)(=O)=O)cc2)n1. The summed E-state index contributed by atoms with van der Waals surface area (Å²) in [4.78, 5) is 26.3. The number of hydrogen-bond donors (Lipinski definition) is 1. The Morgan fingerprint density at radius 2 is 1.78 bits per heavy atom. The minimum Gasteiger partial charge on any atom is -0.305 e. The summed E-state index contributed by atoms with van der Waals surface area (Å²) in [6, 6.07) is 13.2. The molecule has 1 N–H and O–H groups in total. The van der Waals surface area contributed by atoms with Gasteiger partial charge >= 0.3 is 0 Å². The molecule has 3 heterocycles. The highest BCUT2D eigenvalue weighted by Gasteiger charge is 2.18. The molecular formula is C22H20N6O3S. The first kappa shape index (κ1) is 21.3. The predicted octanol–water partition coefficient (Wildman–Crippen LogP) is 3.00. The highest BCUT2D eigenvalue weighted by molar-refractivity contribution is 7.90. The molecule has 0 saturated carbocycles. The fourth-order valence-corrected chi connectivity index (χ4v) is 3.68. The number of carbonyl (C=O) groups is 1. The fourth-order valence-electron chi connectivity index (χ4n) is 3.05. The monoisotopic (exact) mass is 448 g/mol. The number of rotatable bonds is 5. The van der Waals surface area contributed by atoms with E-state index in [-0.39, 0.29) is 10.6 Å². The van der Waals surface area contributed by atoms with Crippen LogP contribution in [0.3, 0.4) is 0 Å². The molecule has 0 spiro atoms. The molecular weight excluding hydrogens is 428 g/mol. The number of amides is 1. The molecule has 4 rings (SSSR count). The van der Waals surface area contributed by atoms with Crippen molar-refractivity contribution in [2.45, 2.75) is 18.7 Å².